The first-order chi connectivity index (χ1) is 11.0. The van der Waals surface area contributed by atoms with Gasteiger partial charge < -0.3 is 14.7 Å². The van der Waals surface area contributed by atoms with E-state index >= 15 is 0 Å². The van der Waals surface area contributed by atoms with Crippen LogP contribution in [0.5, 0.6) is 0 Å². The topological polar surface area (TPSA) is 63.3 Å². The molecule has 3 rings (SSSR count). The van der Waals surface area contributed by atoms with Crippen LogP contribution in [0.25, 0.3) is 5.82 Å². The van der Waals surface area contributed by atoms with Crippen LogP contribution in [0.3, 0.4) is 0 Å². The molecule has 0 aromatic carbocycles. The molecule has 0 bridgehead atoms. The fourth-order valence-electron chi connectivity index (χ4n) is 3.34. The molecule has 0 radical (unpaired) electrons. The normalized spacial score (nSPS) is 15.2. The van der Waals surface area contributed by atoms with Crippen molar-refractivity contribution in [3.05, 3.63) is 34.8 Å². The zero-order valence-electron chi connectivity index (χ0n) is 14.6. The second kappa shape index (κ2) is 7.40. The maximum absolute atomic E-state index is 12.9. The van der Waals surface area contributed by atoms with Gasteiger partial charge in [-0.15, -0.1) is 12.4 Å². The van der Waals surface area contributed by atoms with Crippen molar-refractivity contribution in [1.29, 1.82) is 0 Å². The molecule has 0 aliphatic carbocycles. The average Bonchev–Trinajstić information content (AvgIpc) is 3.09. The number of amides is 1. The van der Waals surface area contributed by atoms with E-state index in [1.54, 1.807) is 0 Å². The fourth-order valence-corrected chi connectivity index (χ4v) is 3.34. The third kappa shape index (κ3) is 3.35. The maximum Gasteiger partial charge on any atom is 0.255 e. The summed E-state index contributed by atoms with van der Waals surface area (Å²) < 4.78 is 7.14. The van der Waals surface area contributed by atoms with Crippen molar-refractivity contribution in [2.45, 2.75) is 39.7 Å². The Hall–Kier alpha value is -1.79. The van der Waals surface area contributed by atoms with Crippen LogP contribution in [0.4, 0.5) is 0 Å². The molecule has 7 heteroatoms. The summed E-state index contributed by atoms with van der Waals surface area (Å²) in [4.78, 5) is 14.8. The maximum atomic E-state index is 12.9. The Morgan fingerprint density at radius 3 is 2.54 bits per heavy atom. The number of piperidine rings is 1. The van der Waals surface area contributed by atoms with Crippen molar-refractivity contribution in [1.82, 2.24) is 19.9 Å². The molecule has 1 amide bonds. The number of hydrogen-bond acceptors (Lipinski definition) is 4. The third-order valence-electron chi connectivity index (χ3n) is 4.68. The molecule has 3 heterocycles. The Balaban J connectivity index is 0.00000208. The molecule has 2 aromatic heterocycles. The molecule has 24 heavy (non-hydrogen) atoms. The molecule has 0 atom stereocenters. The summed E-state index contributed by atoms with van der Waals surface area (Å²) in [6.07, 6.45) is 2.01. The van der Waals surface area contributed by atoms with E-state index in [0.717, 1.165) is 54.5 Å². The van der Waals surface area contributed by atoms with Gasteiger partial charge in [0.1, 0.15) is 5.76 Å². The number of rotatable bonds is 3. The predicted octanol–water partition coefficient (Wildman–Crippen LogP) is 2.64. The second-order valence-corrected chi connectivity index (χ2v) is 6.31. The minimum absolute atomic E-state index is 0. The van der Waals surface area contributed by atoms with E-state index in [1.165, 1.54) is 0 Å². The highest BCUT2D eigenvalue weighted by Gasteiger charge is 2.26. The minimum atomic E-state index is 0. The van der Waals surface area contributed by atoms with Crippen molar-refractivity contribution >= 4 is 18.3 Å². The number of carbonyl (C=O) groups excluding carboxylic acids is 1. The molecular formula is C17H25ClN4O2. The van der Waals surface area contributed by atoms with Crippen LogP contribution in [-0.2, 0) is 0 Å². The van der Waals surface area contributed by atoms with Crippen molar-refractivity contribution < 1.29 is 9.32 Å². The summed E-state index contributed by atoms with van der Waals surface area (Å²) in [5, 5.41) is 7.41. The number of aryl methyl sites for hydroxylation is 2. The van der Waals surface area contributed by atoms with Crippen LogP contribution < -0.4 is 5.32 Å². The third-order valence-corrected chi connectivity index (χ3v) is 4.68. The second-order valence-electron chi connectivity index (χ2n) is 6.31. The number of nitrogens with one attached hydrogen (secondary N) is 1. The van der Waals surface area contributed by atoms with E-state index in [2.05, 4.69) is 10.5 Å². The van der Waals surface area contributed by atoms with Gasteiger partial charge in [0.15, 0.2) is 5.82 Å². The number of carbonyl (C=O) groups is 1. The predicted molar refractivity (Wildman–Crippen MR) is 95.3 cm³/mol. The lowest BCUT2D eigenvalue weighted by molar-refractivity contribution is 0.0702. The minimum Gasteiger partial charge on any atom is -0.360 e. The lowest BCUT2D eigenvalue weighted by Crippen LogP contribution is -2.44. The highest BCUT2D eigenvalue weighted by Crippen LogP contribution is 2.23. The standard InChI is InChI=1S/C17H24N4O2.ClH/c1-11-9-15(13(3)21(11)16-10-12(2)23-19-16)17(22)20(4)14-5-7-18-8-6-14;/h9-10,14,18H,5-8H2,1-4H3;1H. The van der Waals surface area contributed by atoms with Crippen LogP contribution in [-0.4, -0.2) is 46.7 Å². The van der Waals surface area contributed by atoms with Gasteiger partial charge in [0.05, 0.1) is 5.56 Å². The van der Waals surface area contributed by atoms with E-state index < -0.39 is 0 Å². The van der Waals surface area contributed by atoms with Crippen molar-refractivity contribution in [3.63, 3.8) is 0 Å². The van der Waals surface area contributed by atoms with E-state index in [9.17, 15) is 4.79 Å². The molecule has 1 aliphatic heterocycles. The first-order valence-corrected chi connectivity index (χ1v) is 8.09. The molecule has 1 N–H and O–H groups in total. The van der Waals surface area contributed by atoms with Crippen LogP contribution in [0.2, 0.25) is 0 Å². The average molecular weight is 353 g/mol. The fraction of sp³-hybridized carbons (Fsp3) is 0.529. The number of nitrogens with zero attached hydrogens (tertiary/aromatic N) is 3. The van der Waals surface area contributed by atoms with Gasteiger partial charge in [-0.05, 0) is 52.8 Å². The summed E-state index contributed by atoms with van der Waals surface area (Å²) in [7, 11) is 1.91. The van der Waals surface area contributed by atoms with Crippen molar-refractivity contribution in [2.75, 3.05) is 20.1 Å². The van der Waals surface area contributed by atoms with E-state index in [0.29, 0.717) is 6.04 Å². The first kappa shape index (κ1) is 18.5. The summed E-state index contributed by atoms with van der Waals surface area (Å²) in [5.74, 6) is 1.56. The van der Waals surface area contributed by atoms with Gasteiger partial charge in [0.25, 0.3) is 5.91 Å². The highest BCUT2D eigenvalue weighted by molar-refractivity contribution is 5.96. The summed E-state index contributed by atoms with van der Waals surface area (Å²) in [6.45, 7) is 7.75. The first-order valence-electron chi connectivity index (χ1n) is 8.09. The zero-order chi connectivity index (χ0) is 16.6. The Kier molecular flexibility index (Phi) is 5.72. The molecule has 6 nitrogen and oxygen atoms in total. The lowest BCUT2D eigenvalue weighted by atomic mass is 10.0. The van der Waals surface area contributed by atoms with E-state index in [4.69, 9.17) is 4.52 Å². The number of aromatic nitrogens is 2. The van der Waals surface area contributed by atoms with Gasteiger partial charge in [-0.25, -0.2) is 0 Å². The molecule has 2 aromatic rings. The smallest absolute Gasteiger partial charge is 0.255 e. The molecule has 1 saturated heterocycles. The van der Waals surface area contributed by atoms with Gasteiger partial charge in [-0.3, -0.25) is 9.36 Å². The van der Waals surface area contributed by atoms with Crippen molar-refractivity contribution in [3.8, 4) is 5.82 Å². The molecule has 1 aliphatic rings. The summed E-state index contributed by atoms with van der Waals surface area (Å²) in [6, 6.07) is 4.13. The van der Waals surface area contributed by atoms with Gasteiger partial charge in [0.2, 0.25) is 0 Å². The van der Waals surface area contributed by atoms with E-state index in [1.807, 2.05) is 49.4 Å². The van der Waals surface area contributed by atoms with Crippen LogP contribution in [0, 0.1) is 20.8 Å². The van der Waals surface area contributed by atoms with Crippen LogP contribution in [0.15, 0.2) is 16.7 Å². The molecule has 1 fully saturated rings. The molecule has 0 unspecified atom stereocenters. The van der Waals surface area contributed by atoms with Gasteiger partial charge in [-0.2, -0.15) is 0 Å². The van der Waals surface area contributed by atoms with Crippen LogP contribution in [0.1, 0.15) is 40.3 Å². The Labute approximate surface area is 148 Å². The molecule has 0 saturated carbocycles. The largest absolute Gasteiger partial charge is 0.360 e. The molecule has 0 spiro atoms. The number of halogens is 1. The van der Waals surface area contributed by atoms with Gasteiger partial charge in [-0.1, -0.05) is 5.16 Å². The SMILES string of the molecule is Cc1cc(-n2c(C)cc(C(=O)N(C)C3CCNCC3)c2C)no1.Cl. The lowest BCUT2D eigenvalue weighted by Gasteiger charge is -2.31. The Morgan fingerprint density at radius 1 is 1.29 bits per heavy atom. The Morgan fingerprint density at radius 2 is 1.96 bits per heavy atom. The monoisotopic (exact) mass is 352 g/mol. The Bertz CT molecular complexity index is 716. The van der Waals surface area contributed by atoms with E-state index in [-0.39, 0.29) is 18.3 Å². The number of hydrogen-bond donors (Lipinski definition) is 1. The molecule has 132 valence electrons. The summed E-state index contributed by atoms with van der Waals surface area (Å²) in [5.41, 5.74) is 2.63. The quantitative estimate of drug-likeness (QED) is 0.922. The molecular weight excluding hydrogens is 328 g/mol. The van der Waals surface area contributed by atoms with Crippen LogP contribution >= 0.6 is 12.4 Å². The zero-order valence-corrected chi connectivity index (χ0v) is 15.4. The van der Waals surface area contributed by atoms with Gasteiger partial charge >= 0.3 is 0 Å². The summed E-state index contributed by atoms with van der Waals surface area (Å²) >= 11 is 0. The van der Waals surface area contributed by atoms with Crippen molar-refractivity contribution in [2.24, 2.45) is 0 Å². The van der Waals surface area contributed by atoms with Gasteiger partial charge in [0, 0.05) is 30.5 Å². The highest BCUT2D eigenvalue weighted by atomic mass is 35.5.